The van der Waals surface area contributed by atoms with Gasteiger partial charge in [0.15, 0.2) is 11.6 Å². The van der Waals surface area contributed by atoms with Crippen LogP contribution in [0.2, 0.25) is 0 Å². The number of rotatable bonds is 9. The average molecular weight is 328 g/mol. The second-order valence-electron chi connectivity index (χ2n) is 5.46. The van der Waals surface area contributed by atoms with Crippen molar-refractivity contribution in [2.75, 3.05) is 19.8 Å². The van der Waals surface area contributed by atoms with Crippen LogP contribution in [-0.2, 0) is 25.4 Å². The number of carbonyl (C=O) groups excluding carboxylic acids is 1. The molecular weight excluding hydrogens is 306 g/mol. The second kappa shape index (κ2) is 8.36. The smallest absolute Gasteiger partial charge is 0.306 e. The zero-order valence-electron chi connectivity index (χ0n) is 13.4. The summed E-state index contributed by atoms with van der Waals surface area (Å²) in [6.07, 6.45) is 0.757. The summed E-state index contributed by atoms with van der Waals surface area (Å²) in [4.78, 5) is 11.5. The van der Waals surface area contributed by atoms with Gasteiger partial charge in [0.25, 0.3) is 0 Å². The molecule has 0 spiro atoms. The number of carbonyl (C=O) groups is 1. The van der Waals surface area contributed by atoms with Crippen molar-refractivity contribution in [2.45, 2.75) is 45.3 Å². The maximum atomic E-state index is 13.6. The van der Waals surface area contributed by atoms with Crippen LogP contribution in [0.5, 0.6) is 0 Å². The van der Waals surface area contributed by atoms with Crippen LogP contribution in [0.1, 0.15) is 43.9 Å². The summed E-state index contributed by atoms with van der Waals surface area (Å²) >= 11 is 0. The summed E-state index contributed by atoms with van der Waals surface area (Å²) in [7, 11) is 0. The fourth-order valence-corrected chi connectivity index (χ4v) is 2.40. The van der Waals surface area contributed by atoms with E-state index in [1.807, 2.05) is 6.92 Å². The Morgan fingerprint density at radius 1 is 1.35 bits per heavy atom. The number of epoxide rings is 1. The lowest BCUT2D eigenvalue weighted by molar-refractivity contribution is -0.143. The van der Waals surface area contributed by atoms with Crippen molar-refractivity contribution in [3.63, 3.8) is 0 Å². The Morgan fingerprint density at radius 3 is 2.65 bits per heavy atom. The number of aryl methyl sites for hydroxylation is 1. The molecule has 0 aliphatic carbocycles. The van der Waals surface area contributed by atoms with Crippen LogP contribution in [0, 0.1) is 11.6 Å². The van der Waals surface area contributed by atoms with Crippen molar-refractivity contribution in [3.8, 4) is 0 Å². The largest absolute Gasteiger partial charge is 0.466 e. The molecule has 1 saturated heterocycles. The van der Waals surface area contributed by atoms with Gasteiger partial charge in [0.05, 0.1) is 25.9 Å². The number of halogens is 2. The molecule has 2 atom stereocenters. The normalized spacial score (nSPS) is 17.8. The highest BCUT2D eigenvalue weighted by molar-refractivity contribution is 5.69. The van der Waals surface area contributed by atoms with E-state index in [1.165, 1.54) is 0 Å². The van der Waals surface area contributed by atoms with Gasteiger partial charge in [-0.1, -0.05) is 6.92 Å². The van der Waals surface area contributed by atoms with Crippen molar-refractivity contribution in [1.29, 1.82) is 0 Å². The third-order valence-corrected chi connectivity index (χ3v) is 3.69. The summed E-state index contributed by atoms with van der Waals surface area (Å²) < 4.78 is 42.9. The van der Waals surface area contributed by atoms with Crippen LogP contribution in [0.4, 0.5) is 8.78 Å². The Morgan fingerprint density at radius 2 is 2.04 bits per heavy atom. The van der Waals surface area contributed by atoms with Crippen LogP contribution in [-0.4, -0.2) is 31.9 Å². The molecule has 1 aromatic rings. The predicted molar refractivity (Wildman–Crippen MR) is 80.0 cm³/mol. The maximum Gasteiger partial charge on any atom is 0.306 e. The fourth-order valence-electron chi connectivity index (χ4n) is 2.40. The molecule has 0 bridgehead atoms. The molecule has 23 heavy (non-hydrogen) atoms. The molecule has 0 saturated carbocycles. The van der Waals surface area contributed by atoms with Gasteiger partial charge in [0, 0.05) is 6.42 Å². The molecule has 2 rings (SSSR count). The highest BCUT2D eigenvalue weighted by Gasteiger charge is 2.26. The third-order valence-electron chi connectivity index (χ3n) is 3.69. The van der Waals surface area contributed by atoms with Gasteiger partial charge in [-0.3, -0.25) is 4.79 Å². The standard InChI is InChI=1S/C17H22F2O4/c1-3-16(23-10-12-9-22-12)13-8-15(19)14(18)7-11(13)5-6-17(20)21-4-2/h7-8,12,16H,3-6,9-10H2,1-2H3/t12?,16-/m1/s1. The first-order valence-corrected chi connectivity index (χ1v) is 7.91. The molecule has 128 valence electrons. The summed E-state index contributed by atoms with van der Waals surface area (Å²) in [5, 5.41) is 0. The van der Waals surface area contributed by atoms with E-state index in [4.69, 9.17) is 14.2 Å². The van der Waals surface area contributed by atoms with Gasteiger partial charge in [-0.2, -0.15) is 0 Å². The van der Waals surface area contributed by atoms with E-state index in [-0.39, 0.29) is 31.0 Å². The van der Waals surface area contributed by atoms with Crippen LogP contribution in [0.15, 0.2) is 12.1 Å². The third kappa shape index (κ3) is 5.25. The molecule has 0 amide bonds. The topological polar surface area (TPSA) is 48.1 Å². The molecule has 1 aliphatic rings. The fraction of sp³-hybridized carbons (Fsp3) is 0.588. The van der Waals surface area contributed by atoms with E-state index in [1.54, 1.807) is 6.92 Å². The zero-order valence-corrected chi connectivity index (χ0v) is 13.4. The quantitative estimate of drug-likeness (QED) is 0.515. The second-order valence-corrected chi connectivity index (χ2v) is 5.46. The minimum atomic E-state index is -0.923. The Balaban J connectivity index is 2.13. The molecule has 1 aromatic carbocycles. The number of ether oxygens (including phenoxy) is 3. The van der Waals surface area contributed by atoms with E-state index < -0.39 is 11.6 Å². The lowest BCUT2D eigenvalue weighted by atomic mass is 9.96. The molecular formula is C17H22F2O4. The number of hydrogen-bond donors (Lipinski definition) is 0. The van der Waals surface area contributed by atoms with Gasteiger partial charge in [-0.25, -0.2) is 8.78 Å². The summed E-state index contributed by atoms with van der Waals surface area (Å²) in [5.74, 6) is -2.19. The van der Waals surface area contributed by atoms with Gasteiger partial charge in [-0.05, 0) is 43.0 Å². The summed E-state index contributed by atoms with van der Waals surface area (Å²) in [5.41, 5.74) is 1.15. The first-order chi connectivity index (χ1) is 11.0. The number of esters is 1. The predicted octanol–water partition coefficient (Wildman–Crippen LogP) is 3.33. The van der Waals surface area contributed by atoms with Gasteiger partial charge in [-0.15, -0.1) is 0 Å². The molecule has 1 aliphatic heterocycles. The lowest BCUT2D eigenvalue weighted by Crippen LogP contribution is -2.13. The molecule has 0 N–H and O–H groups in total. The Hall–Kier alpha value is -1.53. The van der Waals surface area contributed by atoms with E-state index >= 15 is 0 Å². The Labute approximate surface area is 134 Å². The van der Waals surface area contributed by atoms with E-state index in [2.05, 4.69) is 0 Å². The van der Waals surface area contributed by atoms with Crippen molar-refractivity contribution in [2.24, 2.45) is 0 Å². The van der Waals surface area contributed by atoms with Crippen LogP contribution in [0.25, 0.3) is 0 Å². The summed E-state index contributed by atoms with van der Waals surface area (Å²) in [6, 6.07) is 2.31. The van der Waals surface area contributed by atoms with Gasteiger partial charge in [0.1, 0.15) is 6.10 Å². The van der Waals surface area contributed by atoms with Crippen LogP contribution < -0.4 is 0 Å². The highest BCUT2D eigenvalue weighted by atomic mass is 19.2. The average Bonchev–Trinajstić information content (AvgIpc) is 3.34. The Kier molecular flexibility index (Phi) is 6.47. The van der Waals surface area contributed by atoms with Crippen molar-refractivity contribution in [1.82, 2.24) is 0 Å². The highest BCUT2D eigenvalue weighted by Crippen LogP contribution is 2.29. The summed E-state index contributed by atoms with van der Waals surface area (Å²) in [6.45, 7) is 5.03. The van der Waals surface area contributed by atoms with Gasteiger partial charge >= 0.3 is 5.97 Å². The van der Waals surface area contributed by atoms with Gasteiger partial charge in [0.2, 0.25) is 0 Å². The van der Waals surface area contributed by atoms with Crippen LogP contribution >= 0.6 is 0 Å². The van der Waals surface area contributed by atoms with E-state index in [9.17, 15) is 13.6 Å². The van der Waals surface area contributed by atoms with E-state index in [0.717, 1.165) is 12.1 Å². The monoisotopic (exact) mass is 328 g/mol. The maximum absolute atomic E-state index is 13.6. The Bertz CT molecular complexity index is 544. The molecule has 1 unspecified atom stereocenters. The van der Waals surface area contributed by atoms with Crippen molar-refractivity contribution < 1.29 is 27.8 Å². The van der Waals surface area contributed by atoms with Crippen LogP contribution in [0.3, 0.4) is 0 Å². The van der Waals surface area contributed by atoms with E-state index in [0.29, 0.717) is 37.4 Å². The minimum absolute atomic E-state index is 0.0947. The van der Waals surface area contributed by atoms with Gasteiger partial charge < -0.3 is 14.2 Å². The lowest BCUT2D eigenvalue weighted by Gasteiger charge is -2.20. The zero-order chi connectivity index (χ0) is 16.8. The SMILES string of the molecule is CCOC(=O)CCc1cc(F)c(F)cc1[C@@H](CC)OCC1CO1. The van der Waals surface area contributed by atoms with Crippen molar-refractivity contribution >= 4 is 5.97 Å². The first kappa shape index (κ1) is 17.8. The number of hydrogen-bond acceptors (Lipinski definition) is 4. The first-order valence-electron chi connectivity index (χ1n) is 7.91. The molecule has 6 heteroatoms. The number of benzene rings is 1. The molecule has 4 nitrogen and oxygen atoms in total. The molecule has 1 heterocycles. The molecule has 0 radical (unpaired) electrons. The van der Waals surface area contributed by atoms with Crippen molar-refractivity contribution in [3.05, 3.63) is 34.9 Å². The molecule has 1 fully saturated rings. The minimum Gasteiger partial charge on any atom is -0.466 e. The molecule has 0 aromatic heterocycles.